The van der Waals surface area contributed by atoms with Gasteiger partial charge < -0.3 is 20.3 Å². The van der Waals surface area contributed by atoms with Crippen LogP contribution in [0.15, 0.2) is 67.0 Å². The molecule has 2 N–H and O–H groups in total. The van der Waals surface area contributed by atoms with Crippen molar-refractivity contribution in [1.82, 2.24) is 9.97 Å². The van der Waals surface area contributed by atoms with Crippen molar-refractivity contribution in [3.8, 4) is 0 Å². The van der Waals surface area contributed by atoms with Crippen molar-refractivity contribution in [2.45, 2.75) is 0 Å². The summed E-state index contributed by atoms with van der Waals surface area (Å²) in [5.41, 5.74) is 3.09. The Morgan fingerprint density at radius 3 is 2.15 bits per heavy atom. The molecule has 1 aromatic heterocycles. The van der Waals surface area contributed by atoms with E-state index in [1.54, 1.807) is 6.33 Å². The maximum absolute atomic E-state index is 5.39. The average molecular weight is 347 g/mol. The molecule has 0 spiro atoms. The van der Waals surface area contributed by atoms with Gasteiger partial charge in [0.05, 0.1) is 13.2 Å². The van der Waals surface area contributed by atoms with Crippen molar-refractivity contribution in [1.29, 1.82) is 0 Å². The van der Waals surface area contributed by atoms with Gasteiger partial charge >= 0.3 is 0 Å². The third-order valence-corrected chi connectivity index (χ3v) is 4.21. The molecule has 0 amide bonds. The van der Waals surface area contributed by atoms with E-state index in [0.717, 1.165) is 55.0 Å². The molecule has 1 aliphatic heterocycles. The minimum atomic E-state index is 0.739. The SMILES string of the molecule is c1ccc(Nc2ccc(Nc3cc(N4CCOCC4)ncn3)cc2)cc1. The Labute approximate surface area is 152 Å². The standard InChI is InChI=1S/C20H21N5O/c1-2-4-16(5-3-1)23-17-6-8-18(9-7-17)24-19-14-20(22-15-21-19)25-10-12-26-13-11-25/h1-9,14-15,23H,10-13H2,(H,21,22,24). The minimum Gasteiger partial charge on any atom is -0.378 e. The monoisotopic (exact) mass is 347 g/mol. The first-order valence-electron chi connectivity index (χ1n) is 8.71. The number of ether oxygens (including phenoxy) is 1. The predicted octanol–water partition coefficient (Wildman–Crippen LogP) is 3.80. The van der Waals surface area contributed by atoms with Crippen LogP contribution in [0.2, 0.25) is 0 Å². The third kappa shape index (κ3) is 4.10. The van der Waals surface area contributed by atoms with E-state index in [-0.39, 0.29) is 0 Å². The van der Waals surface area contributed by atoms with Gasteiger partial charge in [-0.25, -0.2) is 9.97 Å². The normalized spacial score (nSPS) is 14.1. The van der Waals surface area contributed by atoms with Gasteiger partial charge in [-0.05, 0) is 36.4 Å². The molecule has 1 saturated heterocycles. The molecule has 0 radical (unpaired) electrons. The quantitative estimate of drug-likeness (QED) is 0.732. The van der Waals surface area contributed by atoms with E-state index in [4.69, 9.17) is 4.74 Å². The molecule has 2 aromatic carbocycles. The number of nitrogens with zero attached hydrogens (tertiary/aromatic N) is 3. The smallest absolute Gasteiger partial charge is 0.135 e. The number of anilines is 5. The van der Waals surface area contributed by atoms with E-state index in [0.29, 0.717) is 0 Å². The van der Waals surface area contributed by atoms with Crippen LogP contribution in [-0.4, -0.2) is 36.3 Å². The van der Waals surface area contributed by atoms with Gasteiger partial charge in [0.2, 0.25) is 0 Å². The number of aromatic nitrogens is 2. The molecule has 3 aromatic rings. The molecule has 1 fully saturated rings. The van der Waals surface area contributed by atoms with Crippen molar-refractivity contribution in [3.63, 3.8) is 0 Å². The van der Waals surface area contributed by atoms with Crippen LogP contribution in [0.3, 0.4) is 0 Å². The summed E-state index contributed by atoms with van der Waals surface area (Å²) >= 11 is 0. The highest BCUT2D eigenvalue weighted by Gasteiger charge is 2.13. The number of para-hydroxylation sites is 1. The van der Waals surface area contributed by atoms with E-state index in [2.05, 4.69) is 25.5 Å². The zero-order chi connectivity index (χ0) is 17.6. The van der Waals surface area contributed by atoms with E-state index in [1.165, 1.54) is 0 Å². The van der Waals surface area contributed by atoms with Crippen LogP contribution in [0.4, 0.5) is 28.7 Å². The second-order valence-corrected chi connectivity index (χ2v) is 6.05. The van der Waals surface area contributed by atoms with E-state index >= 15 is 0 Å². The van der Waals surface area contributed by atoms with Crippen LogP contribution in [0, 0.1) is 0 Å². The molecule has 132 valence electrons. The van der Waals surface area contributed by atoms with Crippen LogP contribution < -0.4 is 15.5 Å². The highest BCUT2D eigenvalue weighted by molar-refractivity contribution is 5.65. The van der Waals surface area contributed by atoms with Crippen LogP contribution in [-0.2, 0) is 4.74 Å². The Bertz CT molecular complexity index is 832. The van der Waals surface area contributed by atoms with Crippen LogP contribution in [0.25, 0.3) is 0 Å². The zero-order valence-corrected chi connectivity index (χ0v) is 14.4. The first kappa shape index (κ1) is 16.4. The van der Waals surface area contributed by atoms with Gasteiger partial charge in [0.15, 0.2) is 0 Å². The minimum absolute atomic E-state index is 0.739. The Morgan fingerprint density at radius 2 is 1.42 bits per heavy atom. The van der Waals surface area contributed by atoms with Gasteiger partial charge in [-0.2, -0.15) is 0 Å². The lowest BCUT2D eigenvalue weighted by Gasteiger charge is -2.27. The summed E-state index contributed by atoms with van der Waals surface area (Å²) in [5, 5.41) is 6.71. The fourth-order valence-electron chi connectivity index (χ4n) is 2.85. The first-order valence-corrected chi connectivity index (χ1v) is 8.71. The second-order valence-electron chi connectivity index (χ2n) is 6.05. The fourth-order valence-corrected chi connectivity index (χ4v) is 2.85. The van der Waals surface area contributed by atoms with Crippen LogP contribution >= 0.6 is 0 Å². The molecule has 26 heavy (non-hydrogen) atoms. The largest absolute Gasteiger partial charge is 0.378 e. The molecule has 4 rings (SSSR count). The summed E-state index contributed by atoms with van der Waals surface area (Å²) in [7, 11) is 0. The van der Waals surface area contributed by atoms with Gasteiger partial charge in [0, 0.05) is 36.2 Å². The van der Waals surface area contributed by atoms with Gasteiger partial charge in [0.25, 0.3) is 0 Å². The second kappa shape index (κ2) is 7.84. The first-order chi connectivity index (χ1) is 12.9. The van der Waals surface area contributed by atoms with Crippen molar-refractivity contribution in [3.05, 3.63) is 67.0 Å². The number of benzene rings is 2. The summed E-state index contributed by atoms with van der Waals surface area (Å²) in [4.78, 5) is 10.9. The zero-order valence-electron chi connectivity index (χ0n) is 14.4. The van der Waals surface area contributed by atoms with Crippen molar-refractivity contribution >= 4 is 28.7 Å². The van der Waals surface area contributed by atoms with Crippen molar-refractivity contribution in [2.24, 2.45) is 0 Å². The van der Waals surface area contributed by atoms with E-state index in [1.807, 2.05) is 60.7 Å². The molecule has 6 heteroatoms. The maximum Gasteiger partial charge on any atom is 0.135 e. The summed E-state index contributed by atoms with van der Waals surface area (Å²) in [6.07, 6.45) is 1.60. The Hall–Kier alpha value is -3.12. The summed E-state index contributed by atoms with van der Waals surface area (Å²) in [5.74, 6) is 1.71. The van der Waals surface area contributed by atoms with Crippen LogP contribution in [0.5, 0.6) is 0 Å². The topological polar surface area (TPSA) is 62.3 Å². The number of rotatable bonds is 5. The predicted molar refractivity (Wildman–Crippen MR) is 105 cm³/mol. The Morgan fingerprint density at radius 1 is 0.769 bits per heavy atom. The Balaban J connectivity index is 1.42. The molecule has 1 aliphatic rings. The van der Waals surface area contributed by atoms with E-state index < -0.39 is 0 Å². The summed E-state index contributed by atoms with van der Waals surface area (Å²) in [6.45, 7) is 3.19. The molecule has 0 atom stereocenters. The van der Waals surface area contributed by atoms with E-state index in [9.17, 15) is 0 Å². The lowest BCUT2D eigenvalue weighted by atomic mass is 10.2. The van der Waals surface area contributed by atoms with Crippen molar-refractivity contribution < 1.29 is 4.74 Å². The molecular weight excluding hydrogens is 326 g/mol. The average Bonchev–Trinajstić information content (AvgIpc) is 2.71. The van der Waals surface area contributed by atoms with Gasteiger partial charge in [-0.15, -0.1) is 0 Å². The molecule has 0 aliphatic carbocycles. The number of hydrogen-bond acceptors (Lipinski definition) is 6. The van der Waals surface area contributed by atoms with Gasteiger partial charge in [-0.1, -0.05) is 18.2 Å². The highest BCUT2D eigenvalue weighted by Crippen LogP contribution is 2.22. The number of morpholine rings is 1. The molecule has 0 bridgehead atoms. The molecule has 0 saturated carbocycles. The number of hydrogen-bond donors (Lipinski definition) is 2. The van der Waals surface area contributed by atoms with Crippen LogP contribution in [0.1, 0.15) is 0 Å². The highest BCUT2D eigenvalue weighted by atomic mass is 16.5. The lowest BCUT2D eigenvalue weighted by Crippen LogP contribution is -2.36. The Kier molecular flexibility index (Phi) is 4.93. The maximum atomic E-state index is 5.39. The fraction of sp³-hybridized carbons (Fsp3) is 0.200. The molecule has 2 heterocycles. The number of nitrogens with one attached hydrogen (secondary N) is 2. The summed E-state index contributed by atoms with van der Waals surface area (Å²) in [6, 6.07) is 20.2. The molecule has 6 nitrogen and oxygen atoms in total. The lowest BCUT2D eigenvalue weighted by molar-refractivity contribution is 0.122. The van der Waals surface area contributed by atoms with Crippen molar-refractivity contribution in [2.75, 3.05) is 41.8 Å². The third-order valence-electron chi connectivity index (χ3n) is 4.21. The molecular formula is C20H21N5O. The van der Waals surface area contributed by atoms with Gasteiger partial charge in [0.1, 0.15) is 18.0 Å². The van der Waals surface area contributed by atoms with Gasteiger partial charge in [-0.3, -0.25) is 0 Å². The summed E-state index contributed by atoms with van der Waals surface area (Å²) < 4.78 is 5.39. The molecule has 0 unspecified atom stereocenters.